The van der Waals surface area contributed by atoms with Gasteiger partial charge >= 0.3 is 6.03 Å². The topological polar surface area (TPSA) is 78.7 Å². The average molecular weight is 359 g/mol. The largest absolute Gasteiger partial charge is 0.341 e. The van der Waals surface area contributed by atoms with Gasteiger partial charge in [0.1, 0.15) is 0 Å². The molecular weight excluding hydrogens is 328 g/mol. The summed E-state index contributed by atoms with van der Waals surface area (Å²) in [7, 11) is 0. The van der Waals surface area contributed by atoms with E-state index in [0.717, 1.165) is 51.6 Å². The van der Waals surface area contributed by atoms with E-state index in [9.17, 15) is 9.59 Å². The Hall–Kier alpha value is -1.01. The standard InChI is InChI=1S/C17H30N4O2.ClH/c18-14-6-4-9-20(12-14)16(22)13-5-3-10-21(11-13)17(23)19-15-7-1-2-8-15;/h13-15H,1-12,18H2,(H,19,23);1H. The molecule has 1 saturated carbocycles. The number of nitrogens with zero attached hydrogens (tertiary/aromatic N) is 2. The summed E-state index contributed by atoms with van der Waals surface area (Å²) >= 11 is 0. The molecule has 0 aromatic heterocycles. The molecule has 2 atom stereocenters. The molecule has 24 heavy (non-hydrogen) atoms. The fourth-order valence-electron chi connectivity index (χ4n) is 4.17. The number of carbonyl (C=O) groups is 2. The van der Waals surface area contributed by atoms with Crippen LogP contribution in [0.4, 0.5) is 4.79 Å². The van der Waals surface area contributed by atoms with Gasteiger partial charge in [0, 0.05) is 38.3 Å². The molecule has 2 saturated heterocycles. The second kappa shape index (κ2) is 8.90. The zero-order valence-corrected chi connectivity index (χ0v) is 15.2. The summed E-state index contributed by atoms with van der Waals surface area (Å²) in [5, 5.41) is 3.14. The molecule has 3 fully saturated rings. The first-order valence-corrected chi connectivity index (χ1v) is 9.23. The van der Waals surface area contributed by atoms with Gasteiger partial charge in [-0.2, -0.15) is 0 Å². The van der Waals surface area contributed by atoms with Gasteiger partial charge < -0.3 is 20.9 Å². The number of urea groups is 1. The van der Waals surface area contributed by atoms with E-state index in [0.29, 0.717) is 19.1 Å². The van der Waals surface area contributed by atoms with E-state index in [-0.39, 0.29) is 36.3 Å². The van der Waals surface area contributed by atoms with Crippen LogP contribution in [0.5, 0.6) is 0 Å². The number of piperidine rings is 2. The van der Waals surface area contributed by atoms with Gasteiger partial charge in [-0.1, -0.05) is 12.8 Å². The van der Waals surface area contributed by atoms with Crippen molar-refractivity contribution < 1.29 is 9.59 Å². The first kappa shape index (κ1) is 19.3. The van der Waals surface area contributed by atoms with Crippen LogP contribution in [0, 0.1) is 5.92 Å². The monoisotopic (exact) mass is 358 g/mol. The van der Waals surface area contributed by atoms with Crippen molar-refractivity contribution in [3.8, 4) is 0 Å². The van der Waals surface area contributed by atoms with Gasteiger partial charge in [0.2, 0.25) is 5.91 Å². The van der Waals surface area contributed by atoms with Gasteiger partial charge in [-0.15, -0.1) is 12.4 Å². The Morgan fingerprint density at radius 1 is 0.875 bits per heavy atom. The molecule has 3 rings (SSSR count). The summed E-state index contributed by atoms with van der Waals surface area (Å²) in [4.78, 5) is 28.9. The van der Waals surface area contributed by atoms with Crippen LogP contribution in [0.1, 0.15) is 51.4 Å². The lowest BCUT2D eigenvalue weighted by molar-refractivity contribution is -0.138. The lowest BCUT2D eigenvalue weighted by Gasteiger charge is -2.37. The molecule has 3 N–H and O–H groups in total. The van der Waals surface area contributed by atoms with E-state index in [4.69, 9.17) is 5.73 Å². The van der Waals surface area contributed by atoms with Gasteiger partial charge in [-0.3, -0.25) is 4.79 Å². The maximum atomic E-state index is 12.7. The molecule has 138 valence electrons. The molecule has 2 unspecified atom stereocenters. The molecule has 3 amide bonds. The van der Waals surface area contributed by atoms with Crippen LogP contribution in [-0.2, 0) is 4.79 Å². The molecule has 7 heteroatoms. The number of rotatable bonds is 2. The molecule has 2 aliphatic heterocycles. The summed E-state index contributed by atoms with van der Waals surface area (Å²) in [6, 6.07) is 0.460. The Labute approximate surface area is 150 Å². The highest BCUT2D eigenvalue weighted by molar-refractivity contribution is 5.85. The molecule has 2 heterocycles. The van der Waals surface area contributed by atoms with Gasteiger partial charge in [-0.25, -0.2) is 4.79 Å². The summed E-state index contributed by atoms with van der Waals surface area (Å²) in [5.41, 5.74) is 5.99. The number of halogens is 1. The minimum Gasteiger partial charge on any atom is -0.341 e. The fraction of sp³-hybridized carbons (Fsp3) is 0.882. The van der Waals surface area contributed by atoms with Gasteiger partial charge in [0.15, 0.2) is 0 Å². The third-order valence-electron chi connectivity index (χ3n) is 5.51. The molecule has 6 nitrogen and oxygen atoms in total. The Kier molecular flexibility index (Phi) is 7.16. The van der Waals surface area contributed by atoms with Crippen molar-refractivity contribution in [1.29, 1.82) is 0 Å². The first-order valence-electron chi connectivity index (χ1n) is 9.23. The number of nitrogens with two attached hydrogens (primary N) is 1. The van der Waals surface area contributed by atoms with E-state index in [2.05, 4.69) is 5.32 Å². The van der Waals surface area contributed by atoms with Crippen LogP contribution in [-0.4, -0.2) is 60.0 Å². The van der Waals surface area contributed by atoms with Crippen molar-refractivity contribution in [3.63, 3.8) is 0 Å². The van der Waals surface area contributed by atoms with E-state index in [1.165, 1.54) is 12.8 Å². The second-order valence-electron chi connectivity index (χ2n) is 7.40. The molecule has 0 aromatic rings. The predicted octanol–water partition coefficient (Wildman–Crippen LogP) is 1.72. The van der Waals surface area contributed by atoms with Crippen molar-refractivity contribution >= 4 is 24.3 Å². The summed E-state index contributed by atoms with van der Waals surface area (Å²) in [5.74, 6) is 0.141. The number of likely N-dealkylation sites (tertiary alicyclic amines) is 2. The van der Waals surface area contributed by atoms with Crippen molar-refractivity contribution in [2.75, 3.05) is 26.2 Å². The highest BCUT2D eigenvalue weighted by Gasteiger charge is 2.33. The van der Waals surface area contributed by atoms with Crippen LogP contribution in [0.3, 0.4) is 0 Å². The third kappa shape index (κ3) is 4.76. The molecular formula is C17H31ClN4O2. The lowest BCUT2D eigenvalue weighted by atomic mass is 9.95. The smallest absolute Gasteiger partial charge is 0.317 e. The lowest BCUT2D eigenvalue weighted by Crippen LogP contribution is -2.53. The molecule has 0 aromatic carbocycles. The van der Waals surface area contributed by atoms with Crippen molar-refractivity contribution in [3.05, 3.63) is 0 Å². The minimum absolute atomic E-state index is 0. The van der Waals surface area contributed by atoms with Crippen LogP contribution < -0.4 is 11.1 Å². The average Bonchev–Trinajstić information content (AvgIpc) is 3.07. The van der Waals surface area contributed by atoms with Crippen LogP contribution in [0.2, 0.25) is 0 Å². The molecule has 0 spiro atoms. The SMILES string of the molecule is Cl.NC1CCCN(C(=O)C2CCCN(C(=O)NC3CCCC3)C2)C1. The van der Waals surface area contributed by atoms with Gasteiger partial charge in [-0.05, 0) is 38.5 Å². The zero-order chi connectivity index (χ0) is 16.2. The van der Waals surface area contributed by atoms with E-state index < -0.39 is 0 Å². The number of nitrogens with one attached hydrogen (secondary N) is 1. The number of hydrogen-bond donors (Lipinski definition) is 2. The molecule has 0 radical (unpaired) electrons. The number of carbonyl (C=O) groups excluding carboxylic acids is 2. The zero-order valence-electron chi connectivity index (χ0n) is 14.4. The molecule has 0 bridgehead atoms. The maximum absolute atomic E-state index is 12.7. The van der Waals surface area contributed by atoms with Gasteiger partial charge in [0.25, 0.3) is 0 Å². The summed E-state index contributed by atoms with van der Waals surface area (Å²) < 4.78 is 0. The van der Waals surface area contributed by atoms with E-state index >= 15 is 0 Å². The molecule has 3 aliphatic rings. The Balaban J connectivity index is 0.00000208. The van der Waals surface area contributed by atoms with Crippen molar-refractivity contribution in [2.24, 2.45) is 11.7 Å². The minimum atomic E-state index is -0.0524. The highest BCUT2D eigenvalue weighted by atomic mass is 35.5. The predicted molar refractivity (Wildman–Crippen MR) is 96.1 cm³/mol. The quantitative estimate of drug-likeness (QED) is 0.788. The maximum Gasteiger partial charge on any atom is 0.317 e. The third-order valence-corrected chi connectivity index (χ3v) is 5.51. The summed E-state index contributed by atoms with van der Waals surface area (Å²) in [6.07, 6.45) is 8.39. The molecule has 1 aliphatic carbocycles. The van der Waals surface area contributed by atoms with Gasteiger partial charge in [0.05, 0.1) is 5.92 Å². The normalized spacial score (nSPS) is 28.4. The van der Waals surface area contributed by atoms with Crippen molar-refractivity contribution in [2.45, 2.75) is 63.5 Å². The second-order valence-corrected chi connectivity index (χ2v) is 7.40. The highest BCUT2D eigenvalue weighted by Crippen LogP contribution is 2.22. The Bertz CT molecular complexity index is 442. The van der Waals surface area contributed by atoms with E-state index in [1.807, 2.05) is 9.80 Å². The van der Waals surface area contributed by atoms with Crippen LogP contribution in [0.25, 0.3) is 0 Å². The fourth-order valence-corrected chi connectivity index (χ4v) is 4.17. The van der Waals surface area contributed by atoms with Crippen LogP contribution >= 0.6 is 12.4 Å². The Morgan fingerprint density at radius 2 is 1.54 bits per heavy atom. The Morgan fingerprint density at radius 3 is 2.25 bits per heavy atom. The first-order chi connectivity index (χ1) is 11.1. The van der Waals surface area contributed by atoms with Crippen molar-refractivity contribution in [1.82, 2.24) is 15.1 Å². The number of amides is 3. The van der Waals surface area contributed by atoms with Crippen LogP contribution in [0.15, 0.2) is 0 Å². The van der Waals surface area contributed by atoms with E-state index in [1.54, 1.807) is 0 Å². The summed E-state index contributed by atoms with van der Waals surface area (Å²) in [6.45, 7) is 2.81. The number of hydrogen-bond acceptors (Lipinski definition) is 3.